The Hall–Kier alpha value is -2.69. The topological polar surface area (TPSA) is 141 Å². The van der Waals surface area contributed by atoms with Gasteiger partial charge in [-0.1, -0.05) is 0 Å². The van der Waals surface area contributed by atoms with Gasteiger partial charge in [0.1, 0.15) is 6.42 Å². The molecule has 1 saturated heterocycles. The van der Waals surface area contributed by atoms with Gasteiger partial charge in [-0.2, -0.15) is 0 Å². The molecule has 0 radical (unpaired) electrons. The third kappa shape index (κ3) is 6.20. The van der Waals surface area contributed by atoms with E-state index in [1.54, 1.807) is 0 Å². The molecule has 0 saturated carbocycles. The molecule has 1 fully saturated rings. The SMILES string of the molecule is COC(=O)C[C@]1(OC(C)=O)OC[C@@H](OC(C)=O)[C@H](OC(C)=O)[C@@H]1OC(C)=O. The average molecular weight is 390 g/mol. The lowest BCUT2D eigenvalue weighted by atomic mass is 9.93. The maximum absolute atomic E-state index is 11.9. The molecule has 0 spiro atoms. The first-order valence-electron chi connectivity index (χ1n) is 7.92. The van der Waals surface area contributed by atoms with Crippen LogP contribution in [-0.2, 0) is 52.4 Å². The molecule has 0 amide bonds. The molecule has 11 heteroatoms. The van der Waals surface area contributed by atoms with E-state index in [-0.39, 0.29) is 0 Å². The zero-order chi connectivity index (χ0) is 20.8. The molecule has 0 aromatic carbocycles. The van der Waals surface area contributed by atoms with E-state index in [1.807, 2.05) is 0 Å². The fourth-order valence-electron chi connectivity index (χ4n) is 2.62. The van der Waals surface area contributed by atoms with Gasteiger partial charge in [0.15, 0.2) is 12.2 Å². The van der Waals surface area contributed by atoms with E-state index < -0.39 is 67.0 Å². The third-order valence-electron chi connectivity index (χ3n) is 3.44. The van der Waals surface area contributed by atoms with E-state index in [0.29, 0.717) is 0 Å². The summed E-state index contributed by atoms with van der Waals surface area (Å²) in [4.78, 5) is 58.0. The van der Waals surface area contributed by atoms with Crippen molar-refractivity contribution in [3.63, 3.8) is 0 Å². The molecular formula is C16H22O11. The highest BCUT2D eigenvalue weighted by Crippen LogP contribution is 2.36. The smallest absolute Gasteiger partial charge is 0.312 e. The van der Waals surface area contributed by atoms with Crippen LogP contribution in [0.1, 0.15) is 34.1 Å². The maximum atomic E-state index is 11.9. The van der Waals surface area contributed by atoms with E-state index in [0.717, 1.165) is 34.8 Å². The van der Waals surface area contributed by atoms with Gasteiger partial charge in [0.2, 0.25) is 6.10 Å². The minimum Gasteiger partial charge on any atom is -0.469 e. The minimum absolute atomic E-state index is 0.403. The Balaban J connectivity index is 3.42. The zero-order valence-corrected chi connectivity index (χ0v) is 15.6. The van der Waals surface area contributed by atoms with Gasteiger partial charge in [0.25, 0.3) is 5.79 Å². The summed E-state index contributed by atoms with van der Waals surface area (Å²) < 4.78 is 30.6. The van der Waals surface area contributed by atoms with Gasteiger partial charge < -0.3 is 28.4 Å². The summed E-state index contributed by atoms with van der Waals surface area (Å²) in [7, 11) is 1.10. The van der Waals surface area contributed by atoms with Crippen molar-refractivity contribution in [3.05, 3.63) is 0 Å². The molecule has 0 N–H and O–H groups in total. The number of carbonyl (C=O) groups is 5. The molecule has 1 aliphatic heterocycles. The van der Waals surface area contributed by atoms with Crippen LogP contribution in [0.5, 0.6) is 0 Å². The van der Waals surface area contributed by atoms with E-state index in [1.165, 1.54) is 0 Å². The standard InChI is InChI=1S/C16H22O11/c1-8(17)24-12-7-23-16(27-11(4)20,6-13(21)22-5)15(26-10(3)19)14(12)25-9(2)18/h12,14-15H,6-7H2,1-5H3/t12-,14+,15+,16-/m1/s1. The van der Waals surface area contributed by atoms with Crippen LogP contribution in [0.3, 0.4) is 0 Å². The van der Waals surface area contributed by atoms with Crippen LogP contribution in [0.2, 0.25) is 0 Å². The Bertz CT molecular complexity index is 613. The number of rotatable bonds is 6. The summed E-state index contributed by atoms with van der Waals surface area (Å²) in [6.07, 6.45) is -4.82. The third-order valence-corrected chi connectivity index (χ3v) is 3.44. The Morgan fingerprint density at radius 2 is 1.44 bits per heavy atom. The van der Waals surface area contributed by atoms with Crippen LogP contribution in [0.25, 0.3) is 0 Å². The van der Waals surface area contributed by atoms with Crippen molar-refractivity contribution in [3.8, 4) is 0 Å². The number of carbonyl (C=O) groups excluding carboxylic acids is 5. The number of ether oxygens (including phenoxy) is 6. The summed E-state index contributed by atoms with van der Waals surface area (Å²) in [5.41, 5.74) is 0. The lowest BCUT2D eigenvalue weighted by Gasteiger charge is -2.46. The summed E-state index contributed by atoms with van der Waals surface area (Å²) in [5, 5.41) is 0. The van der Waals surface area contributed by atoms with Gasteiger partial charge in [0.05, 0.1) is 13.7 Å². The van der Waals surface area contributed by atoms with Crippen molar-refractivity contribution < 1.29 is 52.4 Å². The summed E-state index contributed by atoms with van der Waals surface area (Å²) in [5.74, 6) is -6.18. The first-order valence-corrected chi connectivity index (χ1v) is 7.92. The summed E-state index contributed by atoms with van der Waals surface area (Å²) in [6, 6.07) is 0. The highest BCUT2D eigenvalue weighted by atomic mass is 16.8. The predicted molar refractivity (Wildman–Crippen MR) is 83.7 cm³/mol. The largest absolute Gasteiger partial charge is 0.469 e. The van der Waals surface area contributed by atoms with Crippen molar-refractivity contribution in [2.24, 2.45) is 0 Å². The number of hydrogen-bond donors (Lipinski definition) is 0. The predicted octanol–water partition coefficient (Wildman–Crippen LogP) is -0.366. The Morgan fingerprint density at radius 3 is 1.89 bits per heavy atom. The van der Waals surface area contributed by atoms with E-state index in [4.69, 9.17) is 23.7 Å². The van der Waals surface area contributed by atoms with Crippen molar-refractivity contribution >= 4 is 29.8 Å². The first kappa shape index (κ1) is 22.4. The van der Waals surface area contributed by atoms with E-state index >= 15 is 0 Å². The normalized spacial score (nSPS) is 27.1. The number of hydrogen-bond acceptors (Lipinski definition) is 11. The van der Waals surface area contributed by atoms with Crippen molar-refractivity contribution in [2.45, 2.75) is 58.2 Å². The molecule has 0 unspecified atom stereocenters. The van der Waals surface area contributed by atoms with Gasteiger partial charge in [-0.05, 0) is 0 Å². The molecular weight excluding hydrogens is 368 g/mol. The van der Waals surface area contributed by atoms with Gasteiger partial charge in [-0.25, -0.2) is 0 Å². The van der Waals surface area contributed by atoms with Gasteiger partial charge in [-0.3, -0.25) is 24.0 Å². The quantitative estimate of drug-likeness (QED) is 0.433. The molecule has 11 nitrogen and oxygen atoms in total. The molecule has 0 aromatic heterocycles. The zero-order valence-electron chi connectivity index (χ0n) is 15.6. The van der Waals surface area contributed by atoms with Crippen LogP contribution in [0, 0.1) is 0 Å². The van der Waals surface area contributed by atoms with Gasteiger partial charge in [0, 0.05) is 27.7 Å². The van der Waals surface area contributed by atoms with Crippen LogP contribution < -0.4 is 0 Å². The maximum Gasteiger partial charge on any atom is 0.312 e. The molecule has 1 heterocycles. The van der Waals surface area contributed by atoms with Crippen LogP contribution in [0.4, 0.5) is 0 Å². The lowest BCUT2D eigenvalue weighted by Crippen LogP contribution is -2.66. The molecule has 1 rings (SSSR count). The molecule has 0 aromatic rings. The lowest BCUT2D eigenvalue weighted by molar-refractivity contribution is -0.329. The molecule has 27 heavy (non-hydrogen) atoms. The van der Waals surface area contributed by atoms with Crippen molar-refractivity contribution in [1.82, 2.24) is 0 Å². The highest BCUT2D eigenvalue weighted by molar-refractivity contribution is 5.73. The van der Waals surface area contributed by atoms with Crippen molar-refractivity contribution in [2.75, 3.05) is 13.7 Å². The Labute approximate surface area is 155 Å². The Morgan fingerprint density at radius 1 is 0.889 bits per heavy atom. The molecule has 0 aliphatic carbocycles. The molecule has 4 atom stereocenters. The van der Waals surface area contributed by atoms with Crippen LogP contribution >= 0.6 is 0 Å². The highest BCUT2D eigenvalue weighted by Gasteiger charge is 2.59. The monoisotopic (exact) mass is 390 g/mol. The van der Waals surface area contributed by atoms with Crippen LogP contribution in [0.15, 0.2) is 0 Å². The second kappa shape index (κ2) is 9.31. The molecule has 0 bridgehead atoms. The van der Waals surface area contributed by atoms with E-state index in [9.17, 15) is 24.0 Å². The van der Waals surface area contributed by atoms with Gasteiger partial charge >= 0.3 is 29.8 Å². The Kier molecular flexibility index (Phi) is 7.70. The van der Waals surface area contributed by atoms with E-state index in [2.05, 4.69) is 4.74 Å². The number of methoxy groups -OCH3 is 1. The molecule has 1 aliphatic rings. The number of esters is 5. The first-order chi connectivity index (χ1) is 12.5. The fraction of sp³-hybridized carbons (Fsp3) is 0.688. The van der Waals surface area contributed by atoms with Gasteiger partial charge in [-0.15, -0.1) is 0 Å². The second-order valence-electron chi connectivity index (χ2n) is 5.72. The van der Waals surface area contributed by atoms with Crippen LogP contribution in [-0.4, -0.2) is 67.7 Å². The molecule has 152 valence electrons. The minimum atomic E-state index is -2.14. The second-order valence-corrected chi connectivity index (χ2v) is 5.72. The summed E-state index contributed by atoms with van der Waals surface area (Å²) in [6.45, 7) is 3.90. The fourth-order valence-corrected chi connectivity index (χ4v) is 2.62. The summed E-state index contributed by atoms with van der Waals surface area (Å²) >= 11 is 0. The average Bonchev–Trinajstić information content (AvgIpc) is 2.51. The van der Waals surface area contributed by atoms with Crippen molar-refractivity contribution in [1.29, 1.82) is 0 Å².